The highest BCUT2D eigenvalue weighted by atomic mass is 16.3. The molecule has 0 amide bonds. The molecule has 0 bridgehead atoms. The first kappa shape index (κ1) is 27.2. The second kappa shape index (κ2) is 10.0. The zero-order valence-corrected chi connectivity index (χ0v) is 26.9. The van der Waals surface area contributed by atoms with E-state index in [1.165, 1.54) is 88.0 Å². The second-order valence-corrected chi connectivity index (χ2v) is 13.6. The maximum Gasteiger partial charge on any atom is 0.136 e. The number of hydrogen-bond donors (Lipinski definition) is 0. The number of benzene rings is 8. The molecule has 9 aromatic rings. The molecule has 1 nitrogen and oxygen atoms in total. The van der Waals surface area contributed by atoms with Gasteiger partial charge in [0.1, 0.15) is 11.2 Å². The topological polar surface area (TPSA) is 13.1 Å². The van der Waals surface area contributed by atoms with Crippen LogP contribution in [-0.4, -0.2) is 0 Å². The van der Waals surface area contributed by atoms with Crippen molar-refractivity contribution in [3.8, 4) is 44.5 Å². The molecule has 1 heterocycles. The second-order valence-electron chi connectivity index (χ2n) is 13.6. The molecule has 1 aromatic heterocycles. The van der Waals surface area contributed by atoms with Crippen molar-refractivity contribution in [1.29, 1.82) is 0 Å². The van der Waals surface area contributed by atoms with Crippen LogP contribution in [0.25, 0.3) is 88.0 Å². The van der Waals surface area contributed by atoms with E-state index >= 15 is 0 Å². The number of hydrogen-bond acceptors (Lipinski definition) is 1. The molecule has 1 aliphatic rings. The summed E-state index contributed by atoms with van der Waals surface area (Å²) in [6.07, 6.45) is 0. The van der Waals surface area contributed by atoms with Crippen LogP contribution in [0.3, 0.4) is 0 Å². The van der Waals surface area contributed by atoms with E-state index in [1.807, 2.05) is 0 Å². The summed E-state index contributed by atoms with van der Waals surface area (Å²) in [6.45, 7) is 4.68. The molecule has 0 radical (unpaired) electrons. The minimum Gasteiger partial charge on any atom is -0.456 e. The Balaban J connectivity index is 1.23. The first-order chi connectivity index (χ1) is 23.6. The van der Waals surface area contributed by atoms with Gasteiger partial charge in [-0.2, -0.15) is 0 Å². The predicted molar refractivity (Wildman–Crippen MR) is 203 cm³/mol. The van der Waals surface area contributed by atoms with E-state index in [0.717, 1.165) is 11.2 Å². The summed E-state index contributed by atoms with van der Waals surface area (Å²) in [6, 6.07) is 57.5. The highest BCUT2D eigenvalue weighted by molar-refractivity contribution is 6.23. The molecular formula is C47H32O. The maximum absolute atomic E-state index is 6.55. The van der Waals surface area contributed by atoms with Crippen LogP contribution < -0.4 is 0 Å². The molecule has 8 aromatic carbocycles. The van der Waals surface area contributed by atoms with Crippen LogP contribution in [0.15, 0.2) is 162 Å². The molecule has 0 saturated carbocycles. The lowest BCUT2D eigenvalue weighted by molar-refractivity contribution is 0.656. The monoisotopic (exact) mass is 612 g/mol. The lowest BCUT2D eigenvalue weighted by atomic mass is 9.82. The summed E-state index contributed by atoms with van der Waals surface area (Å²) in [7, 11) is 0. The standard InChI is InChI=1S/C47H32O/c1-47(2)39-19-11-10-18-37(39)45-40(47)25-27-42-46(45)38-28-32(24-26-41(38)48-42)44-35-16-8-6-14-33(35)43(34-15-7-9-17-36(34)44)31-22-20-30(21-23-31)29-12-4-3-5-13-29/h3-28H,1-2H3. The molecule has 0 saturated heterocycles. The van der Waals surface area contributed by atoms with Crippen LogP contribution in [0.4, 0.5) is 0 Å². The maximum atomic E-state index is 6.55. The molecule has 0 fully saturated rings. The number of rotatable bonds is 3. The highest BCUT2D eigenvalue weighted by Gasteiger charge is 2.37. The third kappa shape index (κ3) is 3.79. The smallest absolute Gasteiger partial charge is 0.136 e. The average molecular weight is 613 g/mol. The molecular weight excluding hydrogens is 581 g/mol. The van der Waals surface area contributed by atoms with Gasteiger partial charge in [-0.25, -0.2) is 0 Å². The first-order valence-corrected chi connectivity index (χ1v) is 16.8. The summed E-state index contributed by atoms with van der Waals surface area (Å²) in [5.41, 5.74) is 14.6. The van der Waals surface area contributed by atoms with Crippen LogP contribution >= 0.6 is 0 Å². The normalized spacial score (nSPS) is 13.4. The predicted octanol–water partition coefficient (Wildman–Crippen LogP) is 13.2. The van der Waals surface area contributed by atoms with Gasteiger partial charge in [0.05, 0.1) is 0 Å². The SMILES string of the molecule is CC1(C)c2ccccc2-c2c1ccc1oc3ccc(-c4c5ccccc5c(-c5ccc(-c6ccccc6)cc5)c5ccccc45)cc3c21. The van der Waals surface area contributed by atoms with Gasteiger partial charge in [-0.05, 0) is 95.4 Å². The van der Waals surface area contributed by atoms with Gasteiger partial charge in [-0.15, -0.1) is 0 Å². The van der Waals surface area contributed by atoms with Crippen molar-refractivity contribution in [3.63, 3.8) is 0 Å². The summed E-state index contributed by atoms with van der Waals surface area (Å²) in [4.78, 5) is 0. The Morgan fingerprint density at radius 2 is 0.896 bits per heavy atom. The van der Waals surface area contributed by atoms with E-state index in [1.54, 1.807) is 0 Å². The Labute approximate surface area is 279 Å². The molecule has 1 aliphatic carbocycles. The minimum atomic E-state index is -0.0666. The summed E-state index contributed by atoms with van der Waals surface area (Å²) in [5, 5.41) is 7.40. The fourth-order valence-corrected chi connectivity index (χ4v) is 8.43. The molecule has 0 unspecified atom stereocenters. The van der Waals surface area contributed by atoms with Crippen molar-refractivity contribution in [2.45, 2.75) is 19.3 Å². The number of furan rings is 1. The van der Waals surface area contributed by atoms with E-state index in [9.17, 15) is 0 Å². The molecule has 0 aliphatic heterocycles. The molecule has 0 spiro atoms. The van der Waals surface area contributed by atoms with E-state index in [0.29, 0.717) is 0 Å². The average Bonchev–Trinajstić information content (AvgIpc) is 3.62. The van der Waals surface area contributed by atoms with Gasteiger partial charge in [-0.3, -0.25) is 0 Å². The van der Waals surface area contributed by atoms with Crippen molar-refractivity contribution in [3.05, 3.63) is 169 Å². The Morgan fingerprint density at radius 3 is 1.58 bits per heavy atom. The van der Waals surface area contributed by atoms with Gasteiger partial charge in [0.15, 0.2) is 0 Å². The molecule has 0 atom stereocenters. The van der Waals surface area contributed by atoms with Crippen molar-refractivity contribution in [2.75, 3.05) is 0 Å². The molecule has 0 N–H and O–H groups in total. The fraction of sp³-hybridized carbons (Fsp3) is 0.0638. The van der Waals surface area contributed by atoms with Gasteiger partial charge in [0, 0.05) is 16.2 Å². The third-order valence-corrected chi connectivity index (χ3v) is 10.7. The zero-order chi connectivity index (χ0) is 32.0. The zero-order valence-electron chi connectivity index (χ0n) is 26.9. The van der Waals surface area contributed by atoms with Crippen LogP contribution in [0.1, 0.15) is 25.0 Å². The van der Waals surface area contributed by atoms with Crippen molar-refractivity contribution in [2.24, 2.45) is 0 Å². The Hall–Kier alpha value is -5.92. The van der Waals surface area contributed by atoms with Gasteiger partial charge >= 0.3 is 0 Å². The Kier molecular flexibility index (Phi) is 5.69. The summed E-state index contributed by atoms with van der Waals surface area (Å²) < 4.78 is 6.55. The lowest BCUT2D eigenvalue weighted by Crippen LogP contribution is -2.14. The first-order valence-electron chi connectivity index (χ1n) is 16.8. The Morgan fingerprint density at radius 1 is 0.375 bits per heavy atom. The molecule has 10 rings (SSSR count). The van der Waals surface area contributed by atoms with E-state index < -0.39 is 0 Å². The summed E-state index contributed by atoms with van der Waals surface area (Å²) in [5.74, 6) is 0. The molecule has 1 heteroatoms. The highest BCUT2D eigenvalue weighted by Crippen LogP contribution is 2.53. The van der Waals surface area contributed by atoms with E-state index in [4.69, 9.17) is 4.42 Å². The van der Waals surface area contributed by atoms with Gasteiger partial charge in [-0.1, -0.05) is 153 Å². The van der Waals surface area contributed by atoms with Crippen molar-refractivity contribution in [1.82, 2.24) is 0 Å². The Bertz CT molecular complexity index is 2670. The van der Waals surface area contributed by atoms with Crippen LogP contribution in [0.2, 0.25) is 0 Å². The van der Waals surface area contributed by atoms with Gasteiger partial charge in [0.2, 0.25) is 0 Å². The van der Waals surface area contributed by atoms with Gasteiger partial charge < -0.3 is 4.42 Å². The van der Waals surface area contributed by atoms with Gasteiger partial charge in [0.25, 0.3) is 0 Å². The van der Waals surface area contributed by atoms with Crippen LogP contribution in [0.5, 0.6) is 0 Å². The van der Waals surface area contributed by atoms with Crippen molar-refractivity contribution >= 4 is 43.5 Å². The van der Waals surface area contributed by atoms with Crippen molar-refractivity contribution < 1.29 is 4.42 Å². The largest absolute Gasteiger partial charge is 0.456 e. The van der Waals surface area contributed by atoms with E-state index in [-0.39, 0.29) is 5.41 Å². The third-order valence-electron chi connectivity index (χ3n) is 10.7. The molecule has 226 valence electrons. The van der Waals surface area contributed by atoms with E-state index in [2.05, 4.69) is 172 Å². The fourth-order valence-electron chi connectivity index (χ4n) is 8.43. The summed E-state index contributed by atoms with van der Waals surface area (Å²) >= 11 is 0. The molecule has 48 heavy (non-hydrogen) atoms. The lowest BCUT2D eigenvalue weighted by Gasteiger charge is -2.21. The quantitative estimate of drug-likeness (QED) is 0.181. The number of fused-ring (bicyclic) bond motifs is 9. The van der Waals surface area contributed by atoms with Crippen LogP contribution in [0, 0.1) is 0 Å². The minimum absolute atomic E-state index is 0.0666. The van der Waals surface area contributed by atoms with Crippen LogP contribution in [-0.2, 0) is 5.41 Å².